The van der Waals surface area contributed by atoms with E-state index in [0.29, 0.717) is 5.39 Å². The van der Waals surface area contributed by atoms with E-state index in [1.807, 2.05) is 0 Å². The lowest BCUT2D eigenvalue weighted by Crippen LogP contribution is -2.21. The molecule has 0 saturated heterocycles. The van der Waals surface area contributed by atoms with Gasteiger partial charge >= 0.3 is 0 Å². The lowest BCUT2D eigenvalue weighted by atomic mass is 10.1. The van der Waals surface area contributed by atoms with Crippen molar-refractivity contribution in [3.05, 3.63) is 27.6 Å². The maximum Gasteiger partial charge on any atom is 0.185 e. The number of halogens is 1. The Kier molecular flexibility index (Phi) is 3.58. The Balaban J connectivity index is 2.38. The predicted octanol–water partition coefficient (Wildman–Crippen LogP) is 0.711. The van der Waals surface area contributed by atoms with Crippen LogP contribution in [0.15, 0.2) is 11.4 Å². The fourth-order valence-electron chi connectivity index (χ4n) is 1.47. The molecule has 0 aliphatic carbocycles. The predicted molar refractivity (Wildman–Crippen MR) is 61.7 cm³/mol. The number of hydrogen-bond donors (Lipinski definition) is 3. The number of aliphatic hydroxyl groups excluding tert-OH is 2. The third-order valence-corrected chi connectivity index (χ3v) is 2.61. The van der Waals surface area contributed by atoms with Crippen LogP contribution in [0, 0.1) is 0 Å². The molecule has 2 heterocycles. The molecule has 0 aliphatic heterocycles. The highest BCUT2D eigenvalue weighted by Crippen LogP contribution is 2.27. The molecule has 0 radical (unpaired) electrons. The molecule has 0 aromatic carbocycles. The maximum absolute atomic E-state index is 9.91. The van der Waals surface area contributed by atoms with E-state index >= 15 is 0 Å². The molecule has 0 bridgehead atoms. The normalized spacial score (nSPS) is 14.2. The second-order valence-corrected chi connectivity index (χ2v) is 3.78. The largest absolute Gasteiger partial charge is 0.390 e. The van der Waals surface area contributed by atoms with Crippen molar-refractivity contribution in [3.8, 4) is 0 Å². The minimum atomic E-state index is -1.33. The van der Waals surface area contributed by atoms with Gasteiger partial charge in [-0.3, -0.25) is 5.10 Å². The highest BCUT2D eigenvalue weighted by molar-refractivity contribution is 6.34. The van der Waals surface area contributed by atoms with Crippen LogP contribution in [0.25, 0.3) is 21.5 Å². The highest BCUT2D eigenvalue weighted by Gasteiger charge is 2.24. The molecule has 2 aromatic heterocycles. The fraction of sp³-hybridized carbons (Fsp3) is 0.375. The van der Waals surface area contributed by atoms with Crippen LogP contribution in [0.3, 0.4) is 0 Å². The number of aliphatic hydroxyl groups is 2. The van der Waals surface area contributed by atoms with Crippen LogP contribution in [0.2, 0.25) is 5.15 Å². The van der Waals surface area contributed by atoms with Crippen LogP contribution in [-0.4, -0.2) is 43.0 Å². The summed E-state index contributed by atoms with van der Waals surface area (Å²) in [6, 6.07) is 0. The molecular formula is C8H8ClN7O2. The minimum Gasteiger partial charge on any atom is -0.390 e. The average molecular weight is 270 g/mol. The third kappa shape index (κ3) is 2.20. The van der Waals surface area contributed by atoms with Crippen molar-refractivity contribution in [1.29, 1.82) is 0 Å². The summed E-state index contributed by atoms with van der Waals surface area (Å²) in [6.07, 6.45) is -1.37. The molecule has 2 rings (SSSR count). The summed E-state index contributed by atoms with van der Waals surface area (Å²) in [5.74, 6) is 0. The molecule has 0 spiro atoms. The standard InChI is InChI=1S/C8H8ClN7O2/c9-7-4-5(6(18)3(17)1-13-16-10)14-15-8(4)12-2-11-7/h2-3,6,17-18H,1H2,(H,11,12,14,15). The van der Waals surface area contributed by atoms with Crippen LogP contribution in [0.1, 0.15) is 11.8 Å². The van der Waals surface area contributed by atoms with Gasteiger partial charge in [0, 0.05) is 4.91 Å². The quantitative estimate of drug-likeness (QED) is 0.324. The van der Waals surface area contributed by atoms with Gasteiger partial charge in [0.1, 0.15) is 17.6 Å². The first-order chi connectivity index (χ1) is 8.65. The SMILES string of the molecule is [N-]=[N+]=NCC(O)C(O)c1[nH]nc2ncnc(Cl)c12. The Labute approximate surface area is 105 Å². The van der Waals surface area contributed by atoms with Gasteiger partial charge in [-0.15, -0.1) is 0 Å². The Hall–Kier alpha value is -1.93. The summed E-state index contributed by atoms with van der Waals surface area (Å²) < 4.78 is 0. The van der Waals surface area contributed by atoms with Crippen molar-refractivity contribution in [2.45, 2.75) is 12.2 Å². The van der Waals surface area contributed by atoms with Gasteiger partial charge in [0.25, 0.3) is 0 Å². The van der Waals surface area contributed by atoms with Crippen LogP contribution >= 0.6 is 11.6 Å². The first-order valence-electron chi connectivity index (χ1n) is 4.86. The van der Waals surface area contributed by atoms with Gasteiger partial charge in [-0.2, -0.15) is 5.10 Å². The van der Waals surface area contributed by atoms with Crippen LogP contribution in [0.4, 0.5) is 0 Å². The number of azide groups is 1. The molecule has 18 heavy (non-hydrogen) atoms. The van der Waals surface area contributed by atoms with Crippen molar-refractivity contribution in [1.82, 2.24) is 20.2 Å². The number of rotatable bonds is 4. The van der Waals surface area contributed by atoms with E-state index in [1.54, 1.807) is 0 Å². The Morgan fingerprint density at radius 1 is 1.50 bits per heavy atom. The van der Waals surface area contributed by atoms with Crippen molar-refractivity contribution in [2.24, 2.45) is 5.11 Å². The second-order valence-electron chi connectivity index (χ2n) is 3.43. The van der Waals surface area contributed by atoms with Crippen molar-refractivity contribution < 1.29 is 10.2 Å². The second kappa shape index (κ2) is 5.15. The molecule has 3 N–H and O–H groups in total. The number of nitrogens with one attached hydrogen (secondary N) is 1. The minimum absolute atomic E-state index is 0.110. The number of aromatic nitrogens is 4. The number of nitrogens with zero attached hydrogens (tertiary/aromatic N) is 6. The number of fused-ring (bicyclic) bond motifs is 1. The molecular weight excluding hydrogens is 262 g/mol. The van der Waals surface area contributed by atoms with Crippen LogP contribution in [0.5, 0.6) is 0 Å². The summed E-state index contributed by atoms with van der Waals surface area (Å²) >= 11 is 5.87. The van der Waals surface area contributed by atoms with Crippen molar-refractivity contribution in [3.63, 3.8) is 0 Å². The zero-order valence-electron chi connectivity index (χ0n) is 8.89. The highest BCUT2D eigenvalue weighted by atomic mass is 35.5. The van der Waals surface area contributed by atoms with Gasteiger partial charge in [0.2, 0.25) is 0 Å². The third-order valence-electron chi connectivity index (χ3n) is 2.32. The molecule has 2 unspecified atom stereocenters. The lowest BCUT2D eigenvalue weighted by Gasteiger charge is -2.14. The molecule has 0 aliphatic rings. The molecule has 0 saturated carbocycles. The van der Waals surface area contributed by atoms with Crippen LogP contribution in [-0.2, 0) is 0 Å². The summed E-state index contributed by atoms with van der Waals surface area (Å²) in [5.41, 5.74) is 8.60. The van der Waals surface area contributed by atoms with E-state index in [-0.39, 0.29) is 23.0 Å². The van der Waals surface area contributed by atoms with Gasteiger partial charge in [-0.1, -0.05) is 16.7 Å². The molecule has 94 valence electrons. The van der Waals surface area contributed by atoms with Crippen molar-refractivity contribution >= 4 is 22.6 Å². The van der Waals surface area contributed by atoms with Gasteiger partial charge in [0.05, 0.1) is 23.7 Å². The monoisotopic (exact) mass is 269 g/mol. The van der Waals surface area contributed by atoms with Crippen molar-refractivity contribution in [2.75, 3.05) is 6.54 Å². The molecule has 0 fully saturated rings. The van der Waals surface area contributed by atoms with E-state index < -0.39 is 12.2 Å². The Morgan fingerprint density at radius 3 is 3.00 bits per heavy atom. The van der Waals surface area contributed by atoms with Gasteiger partial charge in [0.15, 0.2) is 5.65 Å². The Bertz CT molecular complexity index is 609. The zero-order chi connectivity index (χ0) is 13.1. The fourth-order valence-corrected chi connectivity index (χ4v) is 1.70. The molecule has 2 aromatic rings. The summed E-state index contributed by atoms with van der Waals surface area (Å²) in [4.78, 5) is 10.1. The summed E-state index contributed by atoms with van der Waals surface area (Å²) in [5, 5.41) is 29.5. The lowest BCUT2D eigenvalue weighted by molar-refractivity contribution is 0.0226. The number of aromatic amines is 1. The number of hydrogen-bond acceptors (Lipinski definition) is 6. The molecule has 2 atom stereocenters. The van der Waals surface area contributed by atoms with Gasteiger partial charge in [-0.25, -0.2) is 9.97 Å². The molecule has 9 nitrogen and oxygen atoms in total. The van der Waals surface area contributed by atoms with E-state index in [9.17, 15) is 10.2 Å². The topological polar surface area (TPSA) is 144 Å². The molecule has 0 amide bonds. The summed E-state index contributed by atoms with van der Waals surface area (Å²) in [6.45, 7) is -0.274. The zero-order valence-corrected chi connectivity index (χ0v) is 9.65. The van der Waals surface area contributed by atoms with Crippen LogP contribution < -0.4 is 0 Å². The van der Waals surface area contributed by atoms with E-state index in [2.05, 4.69) is 30.2 Å². The molecule has 10 heteroatoms. The smallest absolute Gasteiger partial charge is 0.185 e. The van der Waals surface area contributed by atoms with Gasteiger partial charge < -0.3 is 10.2 Å². The van der Waals surface area contributed by atoms with Gasteiger partial charge in [-0.05, 0) is 5.53 Å². The summed E-state index contributed by atoms with van der Waals surface area (Å²) in [7, 11) is 0. The van der Waals surface area contributed by atoms with E-state index in [1.165, 1.54) is 6.33 Å². The maximum atomic E-state index is 9.91. The number of H-pyrrole nitrogens is 1. The Morgan fingerprint density at radius 2 is 2.28 bits per heavy atom. The average Bonchev–Trinajstić information content (AvgIpc) is 2.80. The first kappa shape index (κ1) is 12.5. The first-order valence-corrected chi connectivity index (χ1v) is 5.24. The van der Waals surface area contributed by atoms with E-state index in [0.717, 1.165) is 0 Å². The van der Waals surface area contributed by atoms with E-state index in [4.69, 9.17) is 17.1 Å².